The number of anilines is 2. The fourth-order valence-electron chi connectivity index (χ4n) is 2.59. The predicted octanol–water partition coefficient (Wildman–Crippen LogP) is 2.59. The molecule has 8 nitrogen and oxygen atoms in total. The molecule has 25 heavy (non-hydrogen) atoms. The smallest absolute Gasteiger partial charge is 0.221 e. The molecule has 0 bridgehead atoms. The van der Waals surface area contributed by atoms with E-state index < -0.39 is 0 Å². The van der Waals surface area contributed by atoms with Gasteiger partial charge in [0, 0.05) is 18.7 Å². The molecule has 0 unspecified atom stereocenters. The topological polar surface area (TPSA) is 111 Å². The number of hydrogen-bond donors (Lipinski definition) is 2. The summed E-state index contributed by atoms with van der Waals surface area (Å²) in [7, 11) is 0. The molecule has 4 aromatic rings. The Balaban J connectivity index is 1.79. The van der Waals surface area contributed by atoms with Gasteiger partial charge in [-0.2, -0.15) is 4.52 Å². The SMILES string of the molecule is CC(=O)Nc1cccc(-c2cc(N)n3nc(-c4ccno4)nc3c2)c1. The number of nitrogens with two attached hydrogens (primary N) is 1. The number of nitrogens with zero attached hydrogens (tertiary/aromatic N) is 4. The summed E-state index contributed by atoms with van der Waals surface area (Å²) in [5, 5.41) is 10.8. The minimum Gasteiger partial charge on any atom is -0.384 e. The molecule has 0 aliphatic carbocycles. The lowest BCUT2D eigenvalue weighted by Gasteiger charge is -2.07. The number of hydrogen-bond acceptors (Lipinski definition) is 6. The molecule has 4 rings (SSSR count). The number of nitrogens with one attached hydrogen (secondary N) is 1. The lowest BCUT2D eigenvalue weighted by molar-refractivity contribution is -0.114. The van der Waals surface area contributed by atoms with E-state index >= 15 is 0 Å². The van der Waals surface area contributed by atoms with Crippen LogP contribution in [0, 0.1) is 0 Å². The van der Waals surface area contributed by atoms with E-state index in [1.54, 1.807) is 16.6 Å². The lowest BCUT2D eigenvalue weighted by atomic mass is 10.1. The van der Waals surface area contributed by atoms with E-state index in [9.17, 15) is 4.79 Å². The summed E-state index contributed by atoms with van der Waals surface area (Å²) in [6, 6.07) is 12.9. The van der Waals surface area contributed by atoms with Crippen LogP contribution in [0.2, 0.25) is 0 Å². The van der Waals surface area contributed by atoms with Crippen LogP contribution in [0.1, 0.15) is 6.92 Å². The van der Waals surface area contributed by atoms with Gasteiger partial charge < -0.3 is 15.6 Å². The van der Waals surface area contributed by atoms with Crippen LogP contribution in [0.5, 0.6) is 0 Å². The van der Waals surface area contributed by atoms with Gasteiger partial charge >= 0.3 is 0 Å². The Morgan fingerprint density at radius 2 is 2.08 bits per heavy atom. The molecule has 124 valence electrons. The molecule has 0 spiro atoms. The third-order valence-electron chi connectivity index (χ3n) is 3.64. The zero-order valence-electron chi connectivity index (χ0n) is 13.3. The zero-order chi connectivity index (χ0) is 17.4. The molecule has 1 amide bonds. The molecule has 0 saturated carbocycles. The van der Waals surface area contributed by atoms with Gasteiger partial charge in [0.05, 0.1) is 6.20 Å². The Hall–Kier alpha value is -3.68. The van der Waals surface area contributed by atoms with Crippen LogP contribution in [0.3, 0.4) is 0 Å². The van der Waals surface area contributed by atoms with Gasteiger partial charge in [-0.25, -0.2) is 4.98 Å². The van der Waals surface area contributed by atoms with Crippen molar-refractivity contribution in [3.05, 3.63) is 48.7 Å². The highest BCUT2D eigenvalue weighted by atomic mass is 16.5. The predicted molar refractivity (Wildman–Crippen MR) is 92.6 cm³/mol. The summed E-state index contributed by atoms with van der Waals surface area (Å²) in [5.74, 6) is 1.20. The summed E-state index contributed by atoms with van der Waals surface area (Å²) in [5.41, 5.74) is 9.20. The first kappa shape index (κ1) is 14.9. The number of aromatic nitrogens is 4. The number of nitrogen functional groups attached to an aromatic ring is 1. The van der Waals surface area contributed by atoms with Crippen molar-refractivity contribution >= 4 is 23.1 Å². The number of benzene rings is 1. The number of carbonyl (C=O) groups is 1. The first-order valence-electron chi connectivity index (χ1n) is 7.55. The Labute approximate surface area is 142 Å². The monoisotopic (exact) mass is 334 g/mol. The van der Waals surface area contributed by atoms with E-state index in [0.29, 0.717) is 28.7 Å². The number of pyridine rings is 1. The van der Waals surface area contributed by atoms with Crippen LogP contribution in [0.15, 0.2) is 53.2 Å². The molecule has 8 heteroatoms. The van der Waals surface area contributed by atoms with Gasteiger partial charge in [-0.3, -0.25) is 4.79 Å². The Morgan fingerprint density at radius 1 is 1.20 bits per heavy atom. The van der Waals surface area contributed by atoms with Crippen molar-refractivity contribution in [1.82, 2.24) is 19.8 Å². The second kappa shape index (κ2) is 5.75. The molecule has 3 N–H and O–H groups in total. The second-order valence-corrected chi connectivity index (χ2v) is 5.51. The van der Waals surface area contributed by atoms with Crippen LogP contribution in [0.4, 0.5) is 11.5 Å². The van der Waals surface area contributed by atoms with E-state index in [1.807, 2.05) is 30.3 Å². The quantitative estimate of drug-likeness (QED) is 0.595. The van der Waals surface area contributed by atoms with Gasteiger partial charge in [-0.1, -0.05) is 17.3 Å². The van der Waals surface area contributed by atoms with Gasteiger partial charge in [0.2, 0.25) is 17.5 Å². The third-order valence-corrected chi connectivity index (χ3v) is 3.64. The Kier molecular flexibility index (Phi) is 3.42. The molecule has 0 aliphatic heterocycles. The Bertz CT molecular complexity index is 1070. The lowest BCUT2D eigenvalue weighted by Crippen LogP contribution is -2.05. The number of rotatable bonds is 3. The van der Waals surface area contributed by atoms with E-state index in [4.69, 9.17) is 10.3 Å². The van der Waals surface area contributed by atoms with Crippen LogP contribution in [0.25, 0.3) is 28.4 Å². The van der Waals surface area contributed by atoms with Crippen molar-refractivity contribution in [2.75, 3.05) is 11.1 Å². The van der Waals surface area contributed by atoms with Crippen molar-refractivity contribution in [2.24, 2.45) is 0 Å². The van der Waals surface area contributed by atoms with Crippen molar-refractivity contribution < 1.29 is 9.32 Å². The second-order valence-electron chi connectivity index (χ2n) is 5.51. The highest BCUT2D eigenvalue weighted by Crippen LogP contribution is 2.27. The molecular formula is C17H14N6O2. The van der Waals surface area contributed by atoms with Gasteiger partial charge in [-0.05, 0) is 35.4 Å². The van der Waals surface area contributed by atoms with E-state index in [1.165, 1.54) is 13.1 Å². The molecule has 0 radical (unpaired) electrons. The van der Waals surface area contributed by atoms with E-state index in [0.717, 1.165) is 11.1 Å². The Morgan fingerprint density at radius 3 is 2.84 bits per heavy atom. The molecular weight excluding hydrogens is 320 g/mol. The van der Waals surface area contributed by atoms with E-state index in [-0.39, 0.29) is 5.91 Å². The van der Waals surface area contributed by atoms with Crippen LogP contribution >= 0.6 is 0 Å². The first-order valence-corrected chi connectivity index (χ1v) is 7.55. The summed E-state index contributed by atoms with van der Waals surface area (Å²) in [6.07, 6.45) is 1.53. The maximum Gasteiger partial charge on any atom is 0.221 e. The zero-order valence-corrected chi connectivity index (χ0v) is 13.3. The number of fused-ring (bicyclic) bond motifs is 1. The van der Waals surface area contributed by atoms with Crippen molar-refractivity contribution in [3.8, 4) is 22.7 Å². The average molecular weight is 334 g/mol. The average Bonchev–Trinajstić information content (AvgIpc) is 3.23. The van der Waals surface area contributed by atoms with Gasteiger partial charge in [-0.15, -0.1) is 5.10 Å². The maximum absolute atomic E-state index is 11.2. The fourth-order valence-corrected chi connectivity index (χ4v) is 2.59. The molecule has 0 aliphatic rings. The molecule has 0 atom stereocenters. The molecule has 3 aromatic heterocycles. The molecule has 3 heterocycles. The molecule has 0 fully saturated rings. The third kappa shape index (κ3) is 2.80. The highest BCUT2D eigenvalue weighted by Gasteiger charge is 2.13. The number of carbonyl (C=O) groups excluding carboxylic acids is 1. The van der Waals surface area contributed by atoms with Crippen LogP contribution in [-0.4, -0.2) is 25.7 Å². The normalized spacial score (nSPS) is 10.9. The highest BCUT2D eigenvalue weighted by molar-refractivity contribution is 5.89. The maximum atomic E-state index is 11.2. The van der Waals surface area contributed by atoms with Gasteiger partial charge in [0.25, 0.3) is 0 Å². The summed E-state index contributed by atoms with van der Waals surface area (Å²) < 4.78 is 6.63. The van der Waals surface area contributed by atoms with Crippen molar-refractivity contribution in [1.29, 1.82) is 0 Å². The minimum atomic E-state index is -0.124. The fraction of sp³-hybridized carbons (Fsp3) is 0.0588. The standard InChI is InChI=1S/C17H14N6O2/c1-10(24)20-13-4-2-3-11(7-13)12-8-15(18)23-16(9-12)21-17(22-23)14-5-6-19-25-14/h2-9H,18H2,1H3,(H,20,24). The summed E-state index contributed by atoms with van der Waals surface area (Å²) in [4.78, 5) is 15.7. The number of amides is 1. The molecule has 0 saturated heterocycles. The van der Waals surface area contributed by atoms with Gasteiger partial charge in [0.15, 0.2) is 5.65 Å². The van der Waals surface area contributed by atoms with Gasteiger partial charge in [0.1, 0.15) is 5.82 Å². The van der Waals surface area contributed by atoms with E-state index in [2.05, 4.69) is 20.6 Å². The summed E-state index contributed by atoms with van der Waals surface area (Å²) >= 11 is 0. The van der Waals surface area contributed by atoms with Crippen LogP contribution in [-0.2, 0) is 4.79 Å². The first-order chi connectivity index (χ1) is 12.1. The van der Waals surface area contributed by atoms with Crippen molar-refractivity contribution in [2.45, 2.75) is 6.92 Å². The van der Waals surface area contributed by atoms with Crippen LogP contribution < -0.4 is 11.1 Å². The largest absolute Gasteiger partial charge is 0.384 e. The molecule has 1 aromatic carbocycles. The van der Waals surface area contributed by atoms with Crippen molar-refractivity contribution in [3.63, 3.8) is 0 Å². The summed E-state index contributed by atoms with van der Waals surface area (Å²) in [6.45, 7) is 1.47. The minimum absolute atomic E-state index is 0.124.